The summed E-state index contributed by atoms with van der Waals surface area (Å²) in [5, 5.41) is 4.21. The van der Waals surface area contributed by atoms with E-state index in [1.807, 2.05) is 24.4 Å². The Balaban J connectivity index is 1.59. The highest BCUT2D eigenvalue weighted by atomic mass is 16.5. The van der Waals surface area contributed by atoms with E-state index < -0.39 is 0 Å². The third-order valence-corrected chi connectivity index (χ3v) is 6.00. The van der Waals surface area contributed by atoms with E-state index in [1.54, 1.807) is 7.11 Å². The van der Waals surface area contributed by atoms with Gasteiger partial charge in [-0.15, -0.1) is 0 Å². The number of carbonyl (C=O) groups excluding carboxylic acids is 1. The first-order valence-electron chi connectivity index (χ1n) is 10.1. The topological polar surface area (TPSA) is 57.4 Å². The van der Waals surface area contributed by atoms with Crippen LogP contribution in [0.25, 0.3) is 10.9 Å². The van der Waals surface area contributed by atoms with Crippen molar-refractivity contribution in [2.24, 2.45) is 5.92 Å². The fourth-order valence-electron chi connectivity index (χ4n) is 4.04. The quantitative estimate of drug-likeness (QED) is 0.780. The molecule has 1 unspecified atom stereocenters. The average Bonchev–Trinajstić information content (AvgIpc) is 3.08. The van der Waals surface area contributed by atoms with Crippen LogP contribution in [0.5, 0.6) is 5.75 Å². The standard InChI is InChI=1S/C22H33N3O2/c1-5-16-7-6-10-25(14-16)22(2,3)15-24-21(26)11-17-13-23-20-9-8-18(27-4)12-19(17)20/h8-9,12-13,16,23H,5-7,10-11,14-15H2,1-4H3,(H,24,26). The maximum atomic E-state index is 12.6. The van der Waals surface area contributed by atoms with Gasteiger partial charge in [0.15, 0.2) is 0 Å². The monoisotopic (exact) mass is 371 g/mol. The third kappa shape index (κ3) is 4.64. The van der Waals surface area contributed by atoms with Crippen LogP contribution >= 0.6 is 0 Å². The lowest BCUT2D eigenvalue weighted by Crippen LogP contribution is -2.55. The Hall–Kier alpha value is -2.01. The number of hydrogen-bond donors (Lipinski definition) is 2. The van der Waals surface area contributed by atoms with E-state index in [1.165, 1.54) is 19.3 Å². The normalized spacial score (nSPS) is 18.6. The molecule has 1 aromatic carbocycles. The van der Waals surface area contributed by atoms with Gasteiger partial charge in [0.25, 0.3) is 0 Å². The molecular weight excluding hydrogens is 338 g/mol. The van der Waals surface area contributed by atoms with Crippen LogP contribution in [0.4, 0.5) is 0 Å². The molecule has 3 rings (SSSR count). The molecule has 1 aliphatic heterocycles. The maximum Gasteiger partial charge on any atom is 0.224 e. The fraction of sp³-hybridized carbons (Fsp3) is 0.591. The first-order chi connectivity index (χ1) is 12.9. The Bertz CT molecular complexity index is 781. The van der Waals surface area contributed by atoms with E-state index in [4.69, 9.17) is 4.74 Å². The number of aromatic amines is 1. The summed E-state index contributed by atoms with van der Waals surface area (Å²) in [6, 6.07) is 5.89. The number of methoxy groups -OCH3 is 1. The molecule has 148 valence electrons. The van der Waals surface area contributed by atoms with E-state index in [2.05, 4.69) is 36.0 Å². The molecule has 2 aromatic rings. The highest BCUT2D eigenvalue weighted by Gasteiger charge is 2.31. The van der Waals surface area contributed by atoms with Crippen molar-refractivity contribution in [2.75, 3.05) is 26.7 Å². The summed E-state index contributed by atoms with van der Waals surface area (Å²) >= 11 is 0. The number of hydrogen-bond acceptors (Lipinski definition) is 3. The molecule has 5 nitrogen and oxygen atoms in total. The second-order valence-electron chi connectivity index (χ2n) is 8.35. The number of amides is 1. The molecule has 0 aliphatic carbocycles. The third-order valence-electron chi connectivity index (χ3n) is 6.00. The van der Waals surface area contributed by atoms with E-state index in [0.717, 1.165) is 41.2 Å². The van der Waals surface area contributed by atoms with Gasteiger partial charge in [-0.3, -0.25) is 9.69 Å². The van der Waals surface area contributed by atoms with Gasteiger partial charge >= 0.3 is 0 Å². The summed E-state index contributed by atoms with van der Waals surface area (Å²) < 4.78 is 5.31. The van der Waals surface area contributed by atoms with Crippen molar-refractivity contribution in [2.45, 2.75) is 52.0 Å². The van der Waals surface area contributed by atoms with Crippen molar-refractivity contribution in [3.05, 3.63) is 30.0 Å². The lowest BCUT2D eigenvalue weighted by Gasteiger charge is -2.43. The molecule has 0 spiro atoms. The molecule has 5 heteroatoms. The zero-order valence-corrected chi connectivity index (χ0v) is 17.1. The number of carbonyl (C=O) groups is 1. The number of benzene rings is 1. The summed E-state index contributed by atoms with van der Waals surface area (Å²) in [5.74, 6) is 1.66. The van der Waals surface area contributed by atoms with Crippen molar-refractivity contribution in [1.29, 1.82) is 0 Å². The smallest absolute Gasteiger partial charge is 0.224 e. The molecule has 2 N–H and O–H groups in total. The molecule has 0 saturated carbocycles. The minimum Gasteiger partial charge on any atom is -0.497 e. The number of likely N-dealkylation sites (tertiary alicyclic amines) is 1. The maximum absolute atomic E-state index is 12.6. The number of rotatable bonds is 7. The SMILES string of the molecule is CCC1CCCN(C(C)(C)CNC(=O)Cc2c[nH]c3ccc(OC)cc23)C1. The van der Waals surface area contributed by atoms with Gasteiger partial charge in [-0.2, -0.15) is 0 Å². The fourth-order valence-corrected chi connectivity index (χ4v) is 4.04. The van der Waals surface area contributed by atoms with Crippen molar-refractivity contribution >= 4 is 16.8 Å². The van der Waals surface area contributed by atoms with Gasteiger partial charge in [0.1, 0.15) is 5.75 Å². The molecule has 0 radical (unpaired) electrons. The van der Waals surface area contributed by atoms with Crippen LogP contribution in [-0.2, 0) is 11.2 Å². The van der Waals surface area contributed by atoms with Crippen LogP contribution in [-0.4, -0.2) is 48.1 Å². The number of piperidine rings is 1. The van der Waals surface area contributed by atoms with Gasteiger partial charge in [0.05, 0.1) is 13.5 Å². The summed E-state index contributed by atoms with van der Waals surface area (Å²) in [7, 11) is 1.66. The summed E-state index contributed by atoms with van der Waals surface area (Å²) in [6.07, 6.45) is 6.13. The highest BCUT2D eigenvalue weighted by Crippen LogP contribution is 2.26. The molecule has 1 aliphatic rings. The van der Waals surface area contributed by atoms with Crippen molar-refractivity contribution in [3.8, 4) is 5.75 Å². The molecule has 1 saturated heterocycles. The number of H-pyrrole nitrogens is 1. The minimum absolute atomic E-state index is 0.0209. The van der Waals surface area contributed by atoms with Crippen LogP contribution in [0.15, 0.2) is 24.4 Å². The van der Waals surface area contributed by atoms with Gasteiger partial charge in [-0.1, -0.05) is 13.3 Å². The van der Waals surface area contributed by atoms with Gasteiger partial charge in [0, 0.05) is 35.7 Å². The predicted molar refractivity (Wildman–Crippen MR) is 110 cm³/mol. The summed E-state index contributed by atoms with van der Waals surface area (Å²) in [5.41, 5.74) is 2.01. The van der Waals surface area contributed by atoms with E-state index >= 15 is 0 Å². The molecular formula is C22H33N3O2. The molecule has 27 heavy (non-hydrogen) atoms. The first-order valence-corrected chi connectivity index (χ1v) is 10.1. The van der Waals surface area contributed by atoms with E-state index in [9.17, 15) is 4.79 Å². The molecule has 1 atom stereocenters. The largest absolute Gasteiger partial charge is 0.497 e. The van der Waals surface area contributed by atoms with Gasteiger partial charge in [0.2, 0.25) is 5.91 Å². The Labute approximate surface area is 162 Å². The first kappa shape index (κ1) is 19.7. The lowest BCUT2D eigenvalue weighted by molar-refractivity contribution is -0.121. The molecule has 1 fully saturated rings. The summed E-state index contributed by atoms with van der Waals surface area (Å²) in [6.45, 7) is 9.69. The Morgan fingerprint density at radius 1 is 1.41 bits per heavy atom. The van der Waals surface area contributed by atoms with Gasteiger partial charge < -0.3 is 15.0 Å². The van der Waals surface area contributed by atoms with E-state index in [0.29, 0.717) is 13.0 Å². The minimum atomic E-state index is -0.0209. The second kappa shape index (κ2) is 8.34. The molecule has 1 amide bonds. The number of fused-ring (bicyclic) bond motifs is 1. The van der Waals surface area contributed by atoms with E-state index in [-0.39, 0.29) is 11.4 Å². The van der Waals surface area contributed by atoms with Crippen molar-refractivity contribution in [1.82, 2.24) is 15.2 Å². The zero-order valence-electron chi connectivity index (χ0n) is 17.1. The van der Waals surface area contributed by atoms with Crippen molar-refractivity contribution < 1.29 is 9.53 Å². The lowest BCUT2D eigenvalue weighted by atomic mass is 9.91. The Morgan fingerprint density at radius 2 is 2.22 bits per heavy atom. The Kier molecular flexibility index (Phi) is 6.10. The van der Waals surface area contributed by atoms with Crippen LogP contribution in [0.1, 0.15) is 45.6 Å². The van der Waals surface area contributed by atoms with Crippen molar-refractivity contribution in [3.63, 3.8) is 0 Å². The van der Waals surface area contributed by atoms with Crippen LogP contribution in [0.3, 0.4) is 0 Å². The number of nitrogens with one attached hydrogen (secondary N) is 2. The molecule has 2 heterocycles. The zero-order chi connectivity index (χ0) is 19.4. The van der Waals surface area contributed by atoms with Gasteiger partial charge in [-0.25, -0.2) is 0 Å². The van der Waals surface area contributed by atoms with Crippen LogP contribution in [0, 0.1) is 5.92 Å². The Morgan fingerprint density at radius 3 is 2.96 bits per heavy atom. The number of ether oxygens (including phenoxy) is 1. The molecule has 0 bridgehead atoms. The predicted octanol–water partition coefficient (Wildman–Crippen LogP) is 3.74. The summed E-state index contributed by atoms with van der Waals surface area (Å²) in [4.78, 5) is 18.4. The number of nitrogens with zero attached hydrogens (tertiary/aromatic N) is 1. The highest BCUT2D eigenvalue weighted by molar-refractivity contribution is 5.89. The van der Waals surface area contributed by atoms with Crippen LogP contribution in [0.2, 0.25) is 0 Å². The van der Waals surface area contributed by atoms with Gasteiger partial charge in [-0.05, 0) is 62.9 Å². The average molecular weight is 372 g/mol. The number of aromatic nitrogens is 1. The molecule has 1 aromatic heterocycles. The van der Waals surface area contributed by atoms with Crippen LogP contribution < -0.4 is 10.1 Å². The second-order valence-corrected chi connectivity index (χ2v) is 8.35.